The second-order valence-electron chi connectivity index (χ2n) is 4.61. The van der Waals surface area contributed by atoms with Crippen LogP contribution in [0.4, 0.5) is 10.1 Å². The van der Waals surface area contributed by atoms with Crippen molar-refractivity contribution in [2.24, 2.45) is 5.73 Å². The quantitative estimate of drug-likeness (QED) is 0.871. The van der Waals surface area contributed by atoms with E-state index in [0.29, 0.717) is 11.8 Å². The first-order valence-corrected chi connectivity index (χ1v) is 7.06. The number of hydrogen-bond donors (Lipinski definition) is 2. The molecule has 2 rings (SSSR count). The van der Waals surface area contributed by atoms with Crippen LogP contribution >= 0.6 is 11.8 Å². The molecule has 4 heteroatoms. The molecule has 0 aliphatic carbocycles. The molecule has 0 spiro atoms. The Morgan fingerprint density at radius 1 is 1.47 bits per heavy atom. The number of hydrogen-bond acceptors (Lipinski definition) is 3. The van der Waals surface area contributed by atoms with Gasteiger partial charge in [-0.1, -0.05) is 6.92 Å². The van der Waals surface area contributed by atoms with E-state index in [1.165, 1.54) is 24.3 Å². The van der Waals surface area contributed by atoms with Crippen LogP contribution < -0.4 is 11.1 Å². The molecule has 2 atom stereocenters. The minimum absolute atomic E-state index is 0.0548. The average Bonchev–Trinajstić information content (AvgIpc) is 2.35. The lowest BCUT2D eigenvalue weighted by Crippen LogP contribution is -2.54. The van der Waals surface area contributed by atoms with E-state index in [2.05, 4.69) is 12.2 Å². The number of nitrogens with one attached hydrogen (secondary N) is 1. The predicted octanol–water partition coefficient (Wildman–Crippen LogP) is 2.85. The van der Waals surface area contributed by atoms with Gasteiger partial charge >= 0.3 is 0 Å². The number of anilines is 1. The lowest BCUT2D eigenvalue weighted by atomic mass is 9.89. The van der Waals surface area contributed by atoms with Gasteiger partial charge in [-0.25, -0.2) is 4.39 Å². The summed E-state index contributed by atoms with van der Waals surface area (Å²) in [5, 5.41) is 3.99. The van der Waals surface area contributed by atoms with Crippen LogP contribution in [-0.4, -0.2) is 23.1 Å². The van der Waals surface area contributed by atoms with Crippen LogP contribution in [0.3, 0.4) is 0 Å². The van der Waals surface area contributed by atoms with E-state index in [0.717, 1.165) is 12.1 Å². The first kappa shape index (κ1) is 12.7. The van der Waals surface area contributed by atoms with Crippen molar-refractivity contribution in [2.75, 3.05) is 17.6 Å². The van der Waals surface area contributed by atoms with E-state index in [1.54, 1.807) is 12.1 Å². The summed E-state index contributed by atoms with van der Waals surface area (Å²) in [6.45, 7) is 2.83. The molecule has 1 saturated heterocycles. The maximum atomic E-state index is 12.9. The maximum absolute atomic E-state index is 12.9. The van der Waals surface area contributed by atoms with Gasteiger partial charge in [0.05, 0.1) is 5.54 Å². The molecule has 3 N–H and O–H groups in total. The fourth-order valence-corrected chi connectivity index (χ4v) is 3.57. The molecule has 0 amide bonds. The highest BCUT2D eigenvalue weighted by atomic mass is 32.2. The highest BCUT2D eigenvalue weighted by Crippen LogP contribution is 2.35. The summed E-state index contributed by atoms with van der Waals surface area (Å²) in [7, 11) is 0. The lowest BCUT2D eigenvalue weighted by Gasteiger charge is -2.43. The minimum atomic E-state index is -0.205. The van der Waals surface area contributed by atoms with E-state index in [1.807, 2.05) is 11.8 Å². The Hall–Kier alpha value is -0.740. The molecule has 1 aromatic carbocycles. The van der Waals surface area contributed by atoms with Crippen LogP contribution in [0.1, 0.15) is 19.8 Å². The van der Waals surface area contributed by atoms with E-state index in [-0.39, 0.29) is 11.4 Å². The molecule has 1 aliphatic rings. The van der Waals surface area contributed by atoms with Crippen LogP contribution in [0.2, 0.25) is 0 Å². The third kappa shape index (κ3) is 2.75. The summed E-state index contributed by atoms with van der Waals surface area (Å²) < 4.78 is 12.9. The SMILES string of the molecule is CC1SCCCC1(CN)Nc1ccc(F)cc1. The standard InChI is InChI=1S/C13H19FN2S/c1-10-13(9-15,7-2-8-17-10)16-12-5-3-11(14)4-6-12/h3-6,10,16H,2,7-9,15H2,1H3. The summed E-state index contributed by atoms with van der Waals surface area (Å²) in [6.07, 6.45) is 2.26. The molecule has 0 aromatic heterocycles. The van der Waals surface area contributed by atoms with Gasteiger partial charge in [-0.3, -0.25) is 0 Å². The van der Waals surface area contributed by atoms with Gasteiger partial charge in [0.15, 0.2) is 0 Å². The molecule has 0 radical (unpaired) electrons. The zero-order valence-corrected chi connectivity index (χ0v) is 10.9. The zero-order valence-electron chi connectivity index (χ0n) is 10.1. The average molecular weight is 254 g/mol. The maximum Gasteiger partial charge on any atom is 0.123 e. The fraction of sp³-hybridized carbons (Fsp3) is 0.538. The van der Waals surface area contributed by atoms with Gasteiger partial charge in [-0.05, 0) is 42.9 Å². The Labute approximate surface area is 106 Å². The van der Waals surface area contributed by atoms with E-state index < -0.39 is 0 Å². The van der Waals surface area contributed by atoms with Crippen molar-refractivity contribution in [1.82, 2.24) is 0 Å². The van der Waals surface area contributed by atoms with Crippen molar-refractivity contribution < 1.29 is 4.39 Å². The van der Waals surface area contributed by atoms with Crippen molar-refractivity contribution in [1.29, 1.82) is 0 Å². The van der Waals surface area contributed by atoms with Crippen LogP contribution in [-0.2, 0) is 0 Å². The zero-order chi connectivity index (χ0) is 12.3. The largest absolute Gasteiger partial charge is 0.377 e. The molecule has 1 aliphatic heterocycles. The van der Waals surface area contributed by atoms with Crippen LogP contribution in [0, 0.1) is 5.82 Å². The molecule has 0 saturated carbocycles. The van der Waals surface area contributed by atoms with E-state index >= 15 is 0 Å². The Bertz CT molecular complexity index is 368. The summed E-state index contributed by atoms with van der Waals surface area (Å²) in [5.74, 6) is 0.997. The first-order chi connectivity index (χ1) is 8.16. The van der Waals surface area contributed by atoms with Gasteiger partial charge < -0.3 is 11.1 Å². The summed E-state index contributed by atoms with van der Waals surface area (Å²) in [5.41, 5.74) is 6.85. The highest BCUT2D eigenvalue weighted by Gasteiger charge is 2.37. The van der Waals surface area contributed by atoms with Gasteiger partial charge in [0.2, 0.25) is 0 Å². The Balaban J connectivity index is 2.15. The number of rotatable bonds is 3. The van der Waals surface area contributed by atoms with Gasteiger partial charge in [0.1, 0.15) is 5.82 Å². The van der Waals surface area contributed by atoms with Crippen molar-refractivity contribution >= 4 is 17.4 Å². The third-order valence-corrected chi connectivity index (χ3v) is 4.99. The van der Waals surface area contributed by atoms with Gasteiger partial charge in [-0.15, -0.1) is 0 Å². The summed E-state index contributed by atoms with van der Waals surface area (Å²) >= 11 is 1.96. The highest BCUT2D eigenvalue weighted by molar-refractivity contribution is 8.00. The lowest BCUT2D eigenvalue weighted by molar-refractivity contribution is 0.422. The molecule has 1 aromatic rings. The summed E-state index contributed by atoms with van der Waals surface area (Å²) in [4.78, 5) is 0. The molecule has 1 heterocycles. The second kappa shape index (κ2) is 5.27. The number of nitrogens with two attached hydrogens (primary N) is 1. The van der Waals surface area contributed by atoms with Crippen molar-refractivity contribution in [3.8, 4) is 0 Å². The number of halogens is 1. The summed E-state index contributed by atoms with van der Waals surface area (Å²) in [6, 6.07) is 6.51. The van der Waals surface area contributed by atoms with Crippen molar-refractivity contribution in [3.05, 3.63) is 30.1 Å². The molecule has 2 nitrogen and oxygen atoms in total. The Morgan fingerprint density at radius 2 is 2.18 bits per heavy atom. The smallest absolute Gasteiger partial charge is 0.123 e. The topological polar surface area (TPSA) is 38.0 Å². The first-order valence-electron chi connectivity index (χ1n) is 6.02. The van der Waals surface area contributed by atoms with Gasteiger partial charge in [0, 0.05) is 17.5 Å². The van der Waals surface area contributed by atoms with E-state index in [9.17, 15) is 4.39 Å². The molecular weight excluding hydrogens is 235 g/mol. The molecule has 94 valence electrons. The molecule has 17 heavy (non-hydrogen) atoms. The Morgan fingerprint density at radius 3 is 2.76 bits per heavy atom. The van der Waals surface area contributed by atoms with Crippen LogP contribution in [0.5, 0.6) is 0 Å². The monoisotopic (exact) mass is 254 g/mol. The predicted molar refractivity (Wildman–Crippen MR) is 73.0 cm³/mol. The van der Waals surface area contributed by atoms with Crippen molar-refractivity contribution in [3.63, 3.8) is 0 Å². The third-order valence-electron chi connectivity index (χ3n) is 3.52. The molecular formula is C13H19FN2S. The van der Waals surface area contributed by atoms with Gasteiger partial charge in [-0.2, -0.15) is 11.8 Å². The van der Waals surface area contributed by atoms with Crippen LogP contribution in [0.25, 0.3) is 0 Å². The second-order valence-corrected chi connectivity index (χ2v) is 6.06. The molecule has 0 bridgehead atoms. The minimum Gasteiger partial charge on any atom is -0.377 e. The van der Waals surface area contributed by atoms with Gasteiger partial charge in [0.25, 0.3) is 0 Å². The number of benzene rings is 1. The van der Waals surface area contributed by atoms with Crippen LogP contribution in [0.15, 0.2) is 24.3 Å². The Kier molecular flexibility index (Phi) is 3.94. The normalized spacial score (nSPS) is 29.0. The van der Waals surface area contributed by atoms with Crippen molar-refractivity contribution in [2.45, 2.75) is 30.6 Å². The molecule has 1 fully saturated rings. The fourth-order valence-electron chi connectivity index (χ4n) is 2.31. The van der Waals surface area contributed by atoms with E-state index in [4.69, 9.17) is 5.73 Å². The molecule has 2 unspecified atom stereocenters. The number of thioether (sulfide) groups is 1.